The third-order valence-electron chi connectivity index (χ3n) is 2.39. The van der Waals surface area contributed by atoms with E-state index in [1.807, 2.05) is 6.07 Å². The number of rotatable bonds is 6. The molecule has 16 heavy (non-hydrogen) atoms. The number of pyridine rings is 1. The zero-order chi connectivity index (χ0) is 12.0. The molecule has 0 fully saturated rings. The van der Waals surface area contributed by atoms with Crippen molar-refractivity contribution >= 4 is 17.4 Å². The summed E-state index contributed by atoms with van der Waals surface area (Å²) in [4.78, 5) is 6.14. The number of nitrogens with two attached hydrogens (primary N) is 1. The average Bonchev–Trinajstić information content (AvgIpc) is 2.26. The molecule has 1 aromatic rings. The predicted octanol–water partition coefficient (Wildman–Crippen LogP) is 1.88. The smallest absolute Gasteiger partial charge is 0.0918 e. The minimum absolute atomic E-state index is 0.222. The molecule has 1 aromatic heterocycles. The van der Waals surface area contributed by atoms with Gasteiger partial charge in [-0.05, 0) is 18.2 Å². The molecule has 0 aliphatic carbocycles. The predicted molar refractivity (Wildman–Crippen MR) is 66.7 cm³/mol. The SMILES string of the molecule is CCN(CCC(=N)N)Cc1ccncc1Cl. The van der Waals surface area contributed by atoms with Gasteiger partial charge in [0.05, 0.1) is 10.9 Å². The highest BCUT2D eigenvalue weighted by molar-refractivity contribution is 6.31. The minimum Gasteiger partial charge on any atom is -0.388 e. The van der Waals surface area contributed by atoms with Crippen LogP contribution >= 0.6 is 11.6 Å². The van der Waals surface area contributed by atoms with Crippen molar-refractivity contribution in [1.82, 2.24) is 9.88 Å². The first-order valence-corrected chi connectivity index (χ1v) is 5.65. The highest BCUT2D eigenvalue weighted by atomic mass is 35.5. The monoisotopic (exact) mass is 240 g/mol. The summed E-state index contributed by atoms with van der Waals surface area (Å²) in [7, 11) is 0. The van der Waals surface area contributed by atoms with Crippen molar-refractivity contribution in [3.63, 3.8) is 0 Å². The van der Waals surface area contributed by atoms with Crippen LogP contribution < -0.4 is 5.73 Å². The molecule has 0 saturated carbocycles. The Labute approximate surface area is 101 Å². The fourth-order valence-electron chi connectivity index (χ4n) is 1.40. The average molecular weight is 241 g/mol. The summed E-state index contributed by atoms with van der Waals surface area (Å²) in [5.74, 6) is 0.222. The van der Waals surface area contributed by atoms with Gasteiger partial charge < -0.3 is 5.73 Å². The van der Waals surface area contributed by atoms with E-state index in [-0.39, 0.29) is 5.84 Å². The van der Waals surface area contributed by atoms with Gasteiger partial charge in [0, 0.05) is 31.9 Å². The summed E-state index contributed by atoms with van der Waals surface area (Å²) in [6.45, 7) is 4.54. The van der Waals surface area contributed by atoms with Gasteiger partial charge in [0.25, 0.3) is 0 Å². The van der Waals surface area contributed by atoms with E-state index in [2.05, 4.69) is 16.8 Å². The molecule has 1 heterocycles. The third kappa shape index (κ3) is 4.16. The van der Waals surface area contributed by atoms with Crippen molar-refractivity contribution in [2.24, 2.45) is 5.73 Å². The maximum Gasteiger partial charge on any atom is 0.0918 e. The van der Waals surface area contributed by atoms with E-state index in [1.165, 1.54) is 0 Å². The standard InChI is InChI=1S/C11H17ClN4/c1-2-16(6-4-11(13)14)8-9-3-5-15-7-10(9)12/h3,5,7H,2,4,6,8H2,1H3,(H3,13,14). The van der Waals surface area contributed by atoms with Crippen LogP contribution in [-0.4, -0.2) is 28.8 Å². The summed E-state index contributed by atoms with van der Waals surface area (Å²) >= 11 is 6.03. The van der Waals surface area contributed by atoms with Crippen LogP contribution in [0.15, 0.2) is 18.5 Å². The number of amidine groups is 1. The van der Waals surface area contributed by atoms with Crippen LogP contribution in [0.25, 0.3) is 0 Å². The Morgan fingerprint density at radius 3 is 2.94 bits per heavy atom. The van der Waals surface area contributed by atoms with Gasteiger partial charge in [-0.3, -0.25) is 15.3 Å². The molecule has 5 heteroatoms. The first-order valence-electron chi connectivity index (χ1n) is 5.27. The van der Waals surface area contributed by atoms with Crippen LogP contribution in [0.1, 0.15) is 18.9 Å². The highest BCUT2D eigenvalue weighted by Crippen LogP contribution is 2.15. The largest absolute Gasteiger partial charge is 0.388 e. The second-order valence-corrected chi connectivity index (χ2v) is 4.02. The molecule has 0 spiro atoms. The van der Waals surface area contributed by atoms with Gasteiger partial charge in [0.2, 0.25) is 0 Å². The zero-order valence-electron chi connectivity index (χ0n) is 9.41. The molecule has 0 unspecified atom stereocenters. The molecular formula is C11H17ClN4. The zero-order valence-corrected chi connectivity index (χ0v) is 10.2. The topological polar surface area (TPSA) is 66.0 Å². The number of nitrogens with one attached hydrogen (secondary N) is 1. The fourth-order valence-corrected chi connectivity index (χ4v) is 1.58. The van der Waals surface area contributed by atoms with Gasteiger partial charge in [-0.1, -0.05) is 18.5 Å². The summed E-state index contributed by atoms with van der Waals surface area (Å²) in [5, 5.41) is 7.88. The molecule has 0 aliphatic heterocycles. The molecule has 0 atom stereocenters. The second-order valence-electron chi connectivity index (χ2n) is 3.61. The molecule has 88 valence electrons. The highest BCUT2D eigenvalue weighted by Gasteiger charge is 2.06. The van der Waals surface area contributed by atoms with Gasteiger partial charge in [-0.2, -0.15) is 0 Å². The Hall–Kier alpha value is -1.13. The maximum atomic E-state index is 7.20. The summed E-state index contributed by atoms with van der Waals surface area (Å²) in [5.41, 5.74) is 6.40. The Bertz CT molecular complexity index is 354. The van der Waals surface area contributed by atoms with E-state index in [0.717, 1.165) is 25.2 Å². The van der Waals surface area contributed by atoms with E-state index in [4.69, 9.17) is 22.7 Å². The number of hydrogen-bond donors (Lipinski definition) is 2. The van der Waals surface area contributed by atoms with Crippen LogP contribution in [0.4, 0.5) is 0 Å². The summed E-state index contributed by atoms with van der Waals surface area (Å²) in [6.07, 6.45) is 3.98. The first-order chi connectivity index (χ1) is 7.63. The van der Waals surface area contributed by atoms with Crippen molar-refractivity contribution in [3.8, 4) is 0 Å². The summed E-state index contributed by atoms with van der Waals surface area (Å²) < 4.78 is 0. The molecule has 4 nitrogen and oxygen atoms in total. The summed E-state index contributed by atoms with van der Waals surface area (Å²) in [6, 6.07) is 1.92. The Morgan fingerprint density at radius 2 is 2.38 bits per heavy atom. The van der Waals surface area contributed by atoms with Gasteiger partial charge in [-0.15, -0.1) is 0 Å². The lowest BCUT2D eigenvalue weighted by atomic mass is 10.2. The molecule has 0 radical (unpaired) electrons. The molecule has 0 aliphatic rings. The Balaban J connectivity index is 2.56. The van der Waals surface area contributed by atoms with E-state index in [1.54, 1.807) is 12.4 Å². The number of halogens is 1. The van der Waals surface area contributed by atoms with Crippen molar-refractivity contribution in [1.29, 1.82) is 5.41 Å². The van der Waals surface area contributed by atoms with E-state index < -0.39 is 0 Å². The molecule has 0 bridgehead atoms. The van der Waals surface area contributed by atoms with Crippen molar-refractivity contribution in [2.75, 3.05) is 13.1 Å². The Kier molecular flexibility index (Phi) is 5.22. The second kappa shape index (κ2) is 6.45. The van der Waals surface area contributed by atoms with Gasteiger partial charge in [-0.25, -0.2) is 0 Å². The molecule has 1 rings (SSSR count). The van der Waals surface area contributed by atoms with Crippen molar-refractivity contribution in [2.45, 2.75) is 19.9 Å². The van der Waals surface area contributed by atoms with Crippen LogP contribution in [0.2, 0.25) is 5.02 Å². The Morgan fingerprint density at radius 1 is 1.62 bits per heavy atom. The number of aromatic nitrogens is 1. The van der Waals surface area contributed by atoms with Crippen LogP contribution in [0.3, 0.4) is 0 Å². The van der Waals surface area contributed by atoms with Gasteiger partial charge in [0.1, 0.15) is 0 Å². The molecule has 0 amide bonds. The minimum atomic E-state index is 0.222. The number of nitrogens with zero attached hydrogens (tertiary/aromatic N) is 2. The van der Waals surface area contributed by atoms with Crippen molar-refractivity contribution < 1.29 is 0 Å². The first kappa shape index (κ1) is 12.9. The molecular weight excluding hydrogens is 224 g/mol. The van der Waals surface area contributed by atoms with Gasteiger partial charge in [0.15, 0.2) is 0 Å². The normalized spacial score (nSPS) is 10.7. The lowest BCUT2D eigenvalue weighted by Crippen LogP contribution is -2.27. The maximum absolute atomic E-state index is 7.20. The molecule has 3 N–H and O–H groups in total. The van der Waals surface area contributed by atoms with Crippen LogP contribution in [0.5, 0.6) is 0 Å². The lowest BCUT2D eigenvalue weighted by molar-refractivity contribution is 0.288. The van der Waals surface area contributed by atoms with Crippen LogP contribution in [0, 0.1) is 5.41 Å². The lowest BCUT2D eigenvalue weighted by Gasteiger charge is -2.20. The van der Waals surface area contributed by atoms with E-state index in [9.17, 15) is 0 Å². The van der Waals surface area contributed by atoms with Crippen LogP contribution in [-0.2, 0) is 6.54 Å². The molecule has 0 saturated heterocycles. The van der Waals surface area contributed by atoms with Gasteiger partial charge >= 0.3 is 0 Å². The van der Waals surface area contributed by atoms with E-state index in [0.29, 0.717) is 11.4 Å². The number of hydrogen-bond acceptors (Lipinski definition) is 3. The van der Waals surface area contributed by atoms with E-state index >= 15 is 0 Å². The quantitative estimate of drug-likeness (QED) is 0.590. The fraction of sp³-hybridized carbons (Fsp3) is 0.455. The van der Waals surface area contributed by atoms with Crippen molar-refractivity contribution in [3.05, 3.63) is 29.0 Å². The third-order valence-corrected chi connectivity index (χ3v) is 2.74. The molecule has 0 aromatic carbocycles.